The first kappa shape index (κ1) is 19.6. The number of imide groups is 1. The van der Waals surface area contributed by atoms with Crippen LogP contribution < -0.4 is 4.90 Å². The lowest BCUT2D eigenvalue weighted by Crippen LogP contribution is -2.52. The number of nitrogens with zero attached hydrogens (tertiary/aromatic N) is 1. The Morgan fingerprint density at radius 1 is 1.17 bits per heavy atom. The number of halogens is 1. The zero-order valence-electron chi connectivity index (χ0n) is 15.9. The lowest BCUT2D eigenvalue weighted by atomic mass is 9.76. The highest BCUT2D eigenvalue weighted by atomic mass is 35.5. The fraction of sp³-hybridized carbons (Fsp3) is 0.400. The van der Waals surface area contributed by atoms with Crippen molar-refractivity contribution in [1.82, 2.24) is 0 Å². The summed E-state index contributed by atoms with van der Waals surface area (Å²) in [6.45, 7) is 4.07. The molecule has 152 valence electrons. The minimum Gasteiger partial charge on any atom is -0.422 e. The van der Waals surface area contributed by atoms with Gasteiger partial charge in [-0.3, -0.25) is 19.2 Å². The summed E-state index contributed by atoms with van der Waals surface area (Å²) in [5, 5.41) is 0.382. The van der Waals surface area contributed by atoms with Gasteiger partial charge < -0.3 is 14.2 Å². The first-order valence-electron chi connectivity index (χ1n) is 9.01. The third kappa shape index (κ3) is 2.86. The second kappa shape index (κ2) is 6.67. The van der Waals surface area contributed by atoms with Gasteiger partial charge >= 0.3 is 11.9 Å². The molecule has 29 heavy (non-hydrogen) atoms. The molecule has 2 saturated heterocycles. The Labute approximate surface area is 171 Å². The number of ether oxygens (including phenoxy) is 3. The van der Waals surface area contributed by atoms with Crippen molar-refractivity contribution >= 4 is 41.0 Å². The molecule has 0 saturated carbocycles. The summed E-state index contributed by atoms with van der Waals surface area (Å²) in [5.41, 5.74) is -0.489. The molecule has 3 heterocycles. The van der Waals surface area contributed by atoms with Crippen LogP contribution in [0.15, 0.2) is 30.4 Å². The summed E-state index contributed by atoms with van der Waals surface area (Å²) in [6, 6.07) is 4.93. The predicted octanol–water partition coefficient (Wildman–Crippen LogP) is 1.91. The number of carbonyl (C=O) groups excluding carboxylic acids is 4. The molecule has 0 radical (unpaired) electrons. The number of fused-ring (bicyclic) bond motifs is 5. The van der Waals surface area contributed by atoms with E-state index in [-0.39, 0.29) is 0 Å². The normalized spacial score (nSPS) is 29.6. The Morgan fingerprint density at radius 2 is 1.83 bits per heavy atom. The molecule has 9 heteroatoms. The molecule has 0 spiro atoms. The van der Waals surface area contributed by atoms with Crippen LogP contribution in [-0.4, -0.2) is 41.7 Å². The van der Waals surface area contributed by atoms with Crippen molar-refractivity contribution in [2.75, 3.05) is 4.90 Å². The van der Waals surface area contributed by atoms with Crippen LogP contribution in [0.2, 0.25) is 5.02 Å². The van der Waals surface area contributed by atoms with E-state index in [1.165, 1.54) is 6.08 Å². The highest BCUT2D eigenvalue weighted by molar-refractivity contribution is 6.31. The van der Waals surface area contributed by atoms with E-state index in [1.54, 1.807) is 31.2 Å². The van der Waals surface area contributed by atoms with E-state index < -0.39 is 53.6 Å². The summed E-state index contributed by atoms with van der Waals surface area (Å²) in [4.78, 5) is 50.9. The van der Waals surface area contributed by atoms with Crippen LogP contribution in [-0.2, 0) is 33.4 Å². The molecular weight excluding hydrogens is 402 g/mol. The minimum absolute atomic E-state index is 0.382. The van der Waals surface area contributed by atoms with Crippen molar-refractivity contribution in [2.24, 2.45) is 11.8 Å². The van der Waals surface area contributed by atoms with Crippen LogP contribution in [0, 0.1) is 18.8 Å². The highest BCUT2D eigenvalue weighted by Gasteiger charge is 2.72. The Morgan fingerprint density at radius 3 is 2.45 bits per heavy atom. The van der Waals surface area contributed by atoms with Gasteiger partial charge in [0.1, 0.15) is 0 Å². The number of hydrogen-bond acceptors (Lipinski definition) is 7. The van der Waals surface area contributed by atoms with Crippen LogP contribution in [0.1, 0.15) is 19.4 Å². The number of amides is 2. The Bertz CT molecular complexity index is 958. The van der Waals surface area contributed by atoms with E-state index >= 15 is 0 Å². The number of carbonyl (C=O) groups is 4. The van der Waals surface area contributed by atoms with E-state index in [2.05, 4.69) is 0 Å². The topological polar surface area (TPSA) is 99.2 Å². The maximum absolute atomic E-state index is 13.4. The summed E-state index contributed by atoms with van der Waals surface area (Å²) < 4.78 is 16.3. The molecule has 0 aromatic heterocycles. The molecule has 8 nitrogen and oxygen atoms in total. The number of benzene rings is 1. The Hall–Kier alpha value is -2.71. The van der Waals surface area contributed by atoms with Gasteiger partial charge in [0.05, 0.1) is 23.6 Å². The summed E-state index contributed by atoms with van der Waals surface area (Å²) in [7, 11) is 0. The van der Waals surface area contributed by atoms with E-state index in [1.807, 2.05) is 0 Å². The fourth-order valence-electron chi connectivity index (χ4n) is 4.28. The van der Waals surface area contributed by atoms with Gasteiger partial charge in [0.2, 0.25) is 11.8 Å². The molecule has 2 bridgehead atoms. The van der Waals surface area contributed by atoms with Crippen molar-refractivity contribution in [3.63, 3.8) is 0 Å². The molecule has 4 rings (SSSR count). The van der Waals surface area contributed by atoms with Crippen molar-refractivity contribution in [3.05, 3.63) is 40.9 Å². The molecule has 3 aliphatic heterocycles. The quantitative estimate of drug-likeness (QED) is 0.318. The first-order valence-corrected chi connectivity index (χ1v) is 9.39. The Kier molecular flexibility index (Phi) is 4.51. The van der Waals surface area contributed by atoms with Gasteiger partial charge in [0, 0.05) is 18.9 Å². The van der Waals surface area contributed by atoms with Gasteiger partial charge in [-0.05, 0) is 30.7 Å². The molecule has 2 amide bonds. The number of hydrogen-bond donors (Lipinski definition) is 0. The van der Waals surface area contributed by atoms with E-state index in [4.69, 9.17) is 25.8 Å². The van der Waals surface area contributed by atoms with Crippen molar-refractivity contribution in [2.45, 2.75) is 38.8 Å². The second-order valence-electron chi connectivity index (χ2n) is 7.29. The van der Waals surface area contributed by atoms with Crippen molar-refractivity contribution < 1.29 is 33.4 Å². The molecule has 4 atom stereocenters. The van der Waals surface area contributed by atoms with Crippen molar-refractivity contribution in [3.8, 4) is 0 Å². The average Bonchev–Trinajstić information content (AvgIpc) is 3.27. The highest BCUT2D eigenvalue weighted by Crippen LogP contribution is 2.55. The largest absolute Gasteiger partial charge is 0.422 e. The first-order chi connectivity index (χ1) is 13.7. The van der Waals surface area contributed by atoms with Gasteiger partial charge in [-0.2, -0.15) is 0 Å². The summed E-state index contributed by atoms with van der Waals surface area (Å²) >= 11 is 6.07. The SMILES string of the molecule is CC(=O)OC(OC(C)=O)[C@@]12C=C[C@H](O1)[C@@H]1C(=O)N(c3cc(Cl)ccc3C)C(=O)[C@H]12. The molecule has 3 aliphatic rings. The number of esters is 2. The zero-order chi connectivity index (χ0) is 21.1. The van der Waals surface area contributed by atoms with Crippen LogP contribution >= 0.6 is 11.6 Å². The maximum Gasteiger partial charge on any atom is 0.305 e. The molecule has 0 N–H and O–H groups in total. The minimum atomic E-state index is -1.57. The molecule has 2 fully saturated rings. The average molecular weight is 420 g/mol. The van der Waals surface area contributed by atoms with Gasteiger partial charge in [0.15, 0.2) is 5.60 Å². The third-order valence-corrected chi connectivity index (χ3v) is 5.64. The zero-order valence-corrected chi connectivity index (χ0v) is 16.6. The molecule has 1 aromatic carbocycles. The summed E-state index contributed by atoms with van der Waals surface area (Å²) in [6.07, 6.45) is 0.968. The number of rotatable bonds is 4. The van der Waals surface area contributed by atoms with Gasteiger partial charge in [-0.1, -0.05) is 23.7 Å². The molecular formula is C20H18ClNO7. The standard InChI is InChI=1S/C20H18ClNO7/c1-9-4-5-12(21)8-13(9)22-17(25)15-14-6-7-20(29-14,16(15)18(22)26)19(27-10(2)23)28-11(3)24/h4-8,14-16,19H,1-3H3/t14-,15-,16-,20-/m0/s1. The lowest BCUT2D eigenvalue weighted by Gasteiger charge is -2.34. The molecule has 1 aromatic rings. The number of anilines is 1. The maximum atomic E-state index is 13.4. The van der Waals surface area contributed by atoms with E-state index in [0.717, 1.165) is 18.7 Å². The van der Waals surface area contributed by atoms with E-state index in [9.17, 15) is 19.2 Å². The predicted molar refractivity (Wildman–Crippen MR) is 99.7 cm³/mol. The lowest BCUT2D eigenvalue weighted by molar-refractivity contribution is -0.226. The molecule has 0 aliphatic carbocycles. The Balaban J connectivity index is 1.77. The van der Waals surface area contributed by atoms with Gasteiger partial charge in [0.25, 0.3) is 6.29 Å². The van der Waals surface area contributed by atoms with Crippen LogP contribution in [0.25, 0.3) is 0 Å². The third-order valence-electron chi connectivity index (χ3n) is 5.40. The molecule has 0 unspecified atom stereocenters. The fourth-order valence-corrected chi connectivity index (χ4v) is 4.44. The van der Waals surface area contributed by atoms with E-state index in [0.29, 0.717) is 16.3 Å². The second-order valence-corrected chi connectivity index (χ2v) is 7.73. The van der Waals surface area contributed by atoms with Crippen LogP contribution in [0.4, 0.5) is 5.69 Å². The van der Waals surface area contributed by atoms with Gasteiger partial charge in [-0.15, -0.1) is 0 Å². The monoisotopic (exact) mass is 419 g/mol. The van der Waals surface area contributed by atoms with Crippen molar-refractivity contribution in [1.29, 1.82) is 0 Å². The smallest absolute Gasteiger partial charge is 0.305 e. The van der Waals surface area contributed by atoms with Gasteiger partial charge in [-0.25, -0.2) is 4.90 Å². The van der Waals surface area contributed by atoms with Crippen LogP contribution in [0.3, 0.4) is 0 Å². The number of aryl methyl sites for hydroxylation is 1. The van der Waals surface area contributed by atoms with Crippen LogP contribution in [0.5, 0.6) is 0 Å². The summed E-state index contributed by atoms with van der Waals surface area (Å²) in [5.74, 6) is -4.22.